The fraction of sp³-hybridized carbons (Fsp3) is 0.667. The molecule has 0 aromatic heterocycles. The van der Waals surface area contributed by atoms with Gasteiger partial charge in [-0.15, -0.1) is 0 Å². The van der Waals surface area contributed by atoms with Gasteiger partial charge in [-0.05, 0) is 6.42 Å². The van der Waals surface area contributed by atoms with Gasteiger partial charge in [0, 0.05) is 26.9 Å². The molecule has 0 atom stereocenters. The standard InChI is InChI=1S/C3H15B9O/c1-2-3(13)10(11(6)8-4)12(7)9-5/h8-9H,2,4-7H2,1H3. The zero-order valence-corrected chi connectivity index (χ0v) is 9.76. The van der Waals surface area contributed by atoms with E-state index in [0.717, 1.165) is 14.1 Å². The Labute approximate surface area is 88.5 Å². The van der Waals surface area contributed by atoms with Gasteiger partial charge in [0.05, 0.1) is 36.6 Å². The molecule has 0 saturated heterocycles. The van der Waals surface area contributed by atoms with Crippen LogP contribution in [0.5, 0.6) is 0 Å². The van der Waals surface area contributed by atoms with Crippen molar-refractivity contribution in [1.82, 2.24) is 0 Å². The molecule has 0 aromatic carbocycles. The van der Waals surface area contributed by atoms with Crippen molar-refractivity contribution in [2.45, 2.75) is 13.3 Å². The highest BCUT2D eigenvalue weighted by Crippen LogP contribution is 1.95. The van der Waals surface area contributed by atoms with E-state index in [1.165, 1.54) is 0 Å². The van der Waals surface area contributed by atoms with Crippen molar-refractivity contribution < 1.29 is 4.79 Å². The summed E-state index contributed by atoms with van der Waals surface area (Å²) in [6, 6.07) is 0. The largest absolute Gasteiger partial charge is 0.313 e. The van der Waals surface area contributed by atoms with E-state index in [1.807, 2.05) is 6.92 Å². The maximum absolute atomic E-state index is 11.7. The monoisotopic (exact) mass is 166 g/mol. The predicted octanol–water partition coefficient (Wildman–Crippen LogP) is -5.63. The lowest BCUT2D eigenvalue weighted by Gasteiger charge is -2.20. The summed E-state index contributed by atoms with van der Waals surface area (Å²) < 4.78 is 0. The summed E-state index contributed by atoms with van der Waals surface area (Å²) in [4.78, 5) is 11.7. The molecule has 60 valence electrons. The minimum atomic E-state index is 0.292. The molecule has 0 saturated carbocycles. The van der Waals surface area contributed by atoms with Crippen LogP contribution in [0.1, 0.15) is 13.3 Å². The van der Waals surface area contributed by atoms with Crippen molar-refractivity contribution in [3.63, 3.8) is 0 Å². The minimum Gasteiger partial charge on any atom is -0.313 e. The van der Waals surface area contributed by atoms with Crippen LogP contribution in [0.2, 0.25) is 0 Å². The Kier molecular flexibility index (Phi) is 6.80. The van der Waals surface area contributed by atoms with Crippen molar-refractivity contribution in [3.05, 3.63) is 0 Å². The summed E-state index contributed by atoms with van der Waals surface area (Å²) >= 11 is 0. The van der Waals surface area contributed by atoms with Crippen LogP contribution in [-0.2, 0) is 4.79 Å². The first-order valence-electron chi connectivity index (χ1n) is 5.61. The average Bonchev–Trinajstić information content (AvgIpc) is 2.16. The Bertz CT molecular complexity index is 151. The van der Waals surface area contributed by atoms with Crippen LogP contribution in [0.3, 0.4) is 0 Å². The van der Waals surface area contributed by atoms with E-state index >= 15 is 0 Å². The Morgan fingerprint density at radius 3 is 1.85 bits per heavy atom. The molecule has 0 bridgehead atoms. The van der Waals surface area contributed by atoms with Crippen molar-refractivity contribution in [3.8, 4) is 0 Å². The highest BCUT2D eigenvalue weighted by molar-refractivity contribution is 7.93. The number of carbonyl (C=O) groups excluding carboxylic acids is 1. The summed E-state index contributed by atoms with van der Waals surface area (Å²) in [5.41, 5.74) is 0.448. The summed E-state index contributed by atoms with van der Waals surface area (Å²) in [6.07, 6.45) is 1.78. The van der Waals surface area contributed by atoms with E-state index in [-0.39, 0.29) is 0 Å². The van der Waals surface area contributed by atoms with Crippen molar-refractivity contribution >= 4 is 70.0 Å². The topological polar surface area (TPSA) is 17.1 Å². The van der Waals surface area contributed by atoms with Gasteiger partial charge in [-0.2, -0.15) is 0 Å². The van der Waals surface area contributed by atoms with Crippen LogP contribution < -0.4 is 0 Å². The average molecular weight is 164 g/mol. The molecule has 10 heteroatoms. The van der Waals surface area contributed by atoms with Gasteiger partial charge in [0.1, 0.15) is 6.49 Å². The van der Waals surface area contributed by atoms with Gasteiger partial charge in [0.2, 0.25) is 0 Å². The zero-order valence-electron chi connectivity index (χ0n) is 9.76. The first-order chi connectivity index (χ1) is 6.08. The van der Waals surface area contributed by atoms with Gasteiger partial charge in [-0.3, -0.25) is 0 Å². The Morgan fingerprint density at radius 1 is 1.23 bits per heavy atom. The molecule has 0 radical (unpaired) electrons. The predicted molar refractivity (Wildman–Crippen MR) is 81.0 cm³/mol. The normalized spacial score (nSPS) is 8.69. The highest BCUT2D eigenvalue weighted by atomic mass is 16.1. The highest BCUT2D eigenvalue weighted by Gasteiger charge is 2.33. The van der Waals surface area contributed by atoms with Crippen LogP contribution in [0.4, 0.5) is 0 Å². The first-order valence-corrected chi connectivity index (χ1v) is 5.61. The molecule has 0 aromatic rings. The molecule has 0 amide bonds. The number of rotatable bonds is 6. The summed E-state index contributed by atoms with van der Waals surface area (Å²) in [5, 5.41) is 0. The van der Waals surface area contributed by atoms with Gasteiger partial charge >= 0.3 is 0 Å². The number of hydrogen-bond acceptors (Lipinski definition) is 1. The number of hydrogen-bond donors (Lipinski definition) is 0. The molecular weight excluding hydrogens is 149 g/mol. The molecule has 0 aliphatic carbocycles. The van der Waals surface area contributed by atoms with E-state index in [0.29, 0.717) is 31.4 Å². The molecule has 0 N–H and O–H groups in total. The maximum Gasteiger partial charge on any atom is 0.129 e. The van der Waals surface area contributed by atoms with Crippen molar-refractivity contribution in [2.24, 2.45) is 0 Å². The SMILES string of the molecule is BBB(B)B(B(B)BB)C(=O)CC. The maximum atomic E-state index is 11.7. The van der Waals surface area contributed by atoms with E-state index in [9.17, 15) is 4.79 Å². The number of carbonyl (C=O) groups is 1. The van der Waals surface area contributed by atoms with Gasteiger partial charge in [-0.25, -0.2) is 0 Å². The molecule has 1 nitrogen and oxygen atoms in total. The van der Waals surface area contributed by atoms with Crippen LogP contribution in [-0.4, -0.2) is 70.0 Å². The molecule has 0 heterocycles. The fourth-order valence-electron chi connectivity index (χ4n) is 1.94. The second kappa shape index (κ2) is 6.67. The second-order valence-corrected chi connectivity index (χ2v) is 4.12. The molecule has 0 aliphatic rings. The second-order valence-electron chi connectivity index (χ2n) is 4.12. The summed E-state index contributed by atoms with van der Waals surface area (Å²) in [5.74, 6) is 0. The van der Waals surface area contributed by atoms with Crippen molar-refractivity contribution in [2.75, 3.05) is 0 Å². The van der Waals surface area contributed by atoms with E-state index in [4.69, 9.17) is 0 Å². The van der Waals surface area contributed by atoms with E-state index < -0.39 is 0 Å². The molecule has 0 fully saturated rings. The fourth-order valence-corrected chi connectivity index (χ4v) is 1.94. The van der Waals surface area contributed by atoms with Crippen LogP contribution in [0, 0.1) is 0 Å². The Hall–Kier alpha value is 0.254. The lowest BCUT2D eigenvalue weighted by molar-refractivity contribution is -0.111. The molecule has 13 heavy (non-hydrogen) atoms. The third-order valence-electron chi connectivity index (χ3n) is 3.23. The van der Waals surface area contributed by atoms with Gasteiger partial charge < -0.3 is 4.79 Å². The molecule has 0 spiro atoms. The van der Waals surface area contributed by atoms with Gasteiger partial charge in [-0.1, -0.05) is 6.92 Å². The molecule has 0 rings (SSSR count). The Morgan fingerprint density at radius 2 is 1.62 bits per heavy atom. The molecular formula is C3H15B9O. The lowest BCUT2D eigenvalue weighted by Crippen LogP contribution is -2.61. The summed E-state index contributed by atoms with van der Waals surface area (Å²) in [6.45, 7) is 2.26. The van der Waals surface area contributed by atoms with Crippen molar-refractivity contribution in [1.29, 1.82) is 0 Å². The smallest absolute Gasteiger partial charge is 0.129 e. The zero-order chi connectivity index (χ0) is 10.4. The molecule has 0 unspecified atom stereocenters. The van der Waals surface area contributed by atoms with E-state index in [1.54, 1.807) is 0 Å². The third kappa shape index (κ3) is 3.87. The van der Waals surface area contributed by atoms with Crippen LogP contribution in [0.25, 0.3) is 0 Å². The minimum absolute atomic E-state index is 0.292. The lowest BCUT2D eigenvalue weighted by atomic mass is 8.66. The molecule has 0 aliphatic heterocycles. The first kappa shape index (κ1) is 13.3. The Balaban J connectivity index is 4.44. The van der Waals surface area contributed by atoms with E-state index in [2.05, 4.69) is 30.9 Å². The van der Waals surface area contributed by atoms with Crippen LogP contribution >= 0.6 is 0 Å². The van der Waals surface area contributed by atoms with Gasteiger partial charge in [0.15, 0.2) is 0 Å². The summed E-state index contributed by atoms with van der Waals surface area (Å²) in [7, 11) is 11.0. The van der Waals surface area contributed by atoms with Crippen LogP contribution in [0.15, 0.2) is 0 Å². The quantitative estimate of drug-likeness (QED) is 0.358. The van der Waals surface area contributed by atoms with Gasteiger partial charge in [0.25, 0.3) is 0 Å². The third-order valence-corrected chi connectivity index (χ3v) is 3.23.